The fourth-order valence-electron chi connectivity index (χ4n) is 2.36. The second-order valence-electron chi connectivity index (χ2n) is 6.31. The van der Waals surface area contributed by atoms with Crippen LogP contribution < -0.4 is 10.1 Å². The van der Waals surface area contributed by atoms with Crippen LogP contribution in [0.5, 0.6) is 11.6 Å². The van der Waals surface area contributed by atoms with Crippen molar-refractivity contribution in [1.29, 1.82) is 0 Å². The molecule has 138 valence electrons. The number of hydrogen-bond acceptors (Lipinski definition) is 5. The maximum absolute atomic E-state index is 12.5. The number of rotatable bonds is 6. The number of aryl methyl sites for hydroxylation is 1. The lowest BCUT2D eigenvalue weighted by molar-refractivity contribution is 0.0940. The molecule has 3 aromatic rings. The van der Waals surface area contributed by atoms with Crippen molar-refractivity contribution in [3.05, 3.63) is 72.1 Å². The minimum Gasteiger partial charge on any atom is -0.437 e. The molecule has 6 heteroatoms. The molecule has 1 N–H and O–H groups in total. The van der Waals surface area contributed by atoms with Gasteiger partial charge in [0.15, 0.2) is 5.03 Å². The number of nitrogens with zero attached hydrogens (tertiary/aromatic N) is 2. The molecular formula is C21H21N3O2S. The van der Waals surface area contributed by atoms with E-state index in [4.69, 9.17) is 4.74 Å². The number of carbonyl (C=O) groups excluding carboxylic acids is 1. The summed E-state index contributed by atoms with van der Waals surface area (Å²) in [5.41, 5.74) is 1.75. The summed E-state index contributed by atoms with van der Waals surface area (Å²) >= 11 is 1.36. The second-order valence-corrected chi connectivity index (χ2v) is 7.34. The first-order chi connectivity index (χ1) is 13.0. The summed E-state index contributed by atoms with van der Waals surface area (Å²) in [5, 5.41) is 3.53. The number of amides is 1. The lowest BCUT2D eigenvalue weighted by atomic mass is 10.2. The Bertz CT molecular complexity index is 927. The summed E-state index contributed by atoms with van der Waals surface area (Å²) in [4.78, 5) is 22.0. The average molecular weight is 379 g/mol. The topological polar surface area (TPSA) is 64.1 Å². The van der Waals surface area contributed by atoms with E-state index in [9.17, 15) is 4.79 Å². The Kier molecular flexibility index (Phi) is 6.08. The van der Waals surface area contributed by atoms with Gasteiger partial charge in [-0.05, 0) is 45.0 Å². The Hall–Kier alpha value is -2.86. The summed E-state index contributed by atoms with van der Waals surface area (Å²) in [6.07, 6.45) is 3.20. The molecule has 1 aromatic heterocycles. The highest BCUT2D eigenvalue weighted by molar-refractivity contribution is 7.99. The predicted octanol–water partition coefficient (Wildman–Crippen LogP) is 4.87. The van der Waals surface area contributed by atoms with Crippen LogP contribution in [0.2, 0.25) is 0 Å². The van der Waals surface area contributed by atoms with Gasteiger partial charge < -0.3 is 10.1 Å². The van der Waals surface area contributed by atoms with Gasteiger partial charge in [-0.3, -0.25) is 4.79 Å². The van der Waals surface area contributed by atoms with Crippen molar-refractivity contribution in [2.75, 3.05) is 0 Å². The first-order valence-corrected chi connectivity index (χ1v) is 9.48. The molecule has 27 heavy (non-hydrogen) atoms. The summed E-state index contributed by atoms with van der Waals surface area (Å²) in [5.74, 6) is 0.984. The quantitative estimate of drug-likeness (QED) is 0.662. The van der Waals surface area contributed by atoms with E-state index in [0.29, 0.717) is 22.2 Å². The Morgan fingerprint density at radius 1 is 1.04 bits per heavy atom. The minimum atomic E-state index is -0.113. The highest BCUT2D eigenvalue weighted by atomic mass is 32.2. The van der Waals surface area contributed by atoms with Gasteiger partial charge in [-0.2, -0.15) is 0 Å². The number of aromatic nitrogens is 2. The van der Waals surface area contributed by atoms with Gasteiger partial charge in [0.25, 0.3) is 11.8 Å². The van der Waals surface area contributed by atoms with Crippen LogP contribution in [-0.4, -0.2) is 21.9 Å². The van der Waals surface area contributed by atoms with Gasteiger partial charge in [0, 0.05) is 23.3 Å². The Balaban J connectivity index is 1.87. The molecule has 0 bridgehead atoms. The highest BCUT2D eigenvalue weighted by Crippen LogP contribution is 2.35. The van der Waals surface area contributed by atoms with Crippen LogP contribution in [0.4, 0.5) is 0 Å². The zero-order chi connectivity index (χ0) is 19.2. The maximum atomic E-state index is 12.5. The van der Waals surface area contributed by atoms with E-state index in [1.54, 1.807) is 18.5 Å². The molecule has 2 aromatic carbocycles. The smallest absolute Gasteiger partial charge is 0.252 e. The Morgan fingerprint density at radius 3 is 2.48 bits per heavy atom. The number of ether oxygens (including phenoxy) is 1. The Labute approximate surface area is 163 Å². The predicted molar refractivity (Wildman–Crippen MR) is 106 cm³/mol. The van der Waals surface area contributed by atoms with E-state index in [0.717, 1.165) is 10.5 Å². The molecule has 0 unspecified atom stereocenters. The first kappa shape index (κ1) is 18.9. The fraction of sp³-hybridized carbons (Fsp3) is 0.190. The van der Waals surface area contributed by atoms with E-state index in [1.165, 1.54) is 11.8 Å². The standard InChI is InChI=1S/C21H21N3O2S/c1-14(2)24-19(25)17-6-4-5-7-18(17)27-21-20(22-12-13-23-21)26-16-10-8-15(3)9-11-16/h4-14H,1-3H3,(H,24,25). The zero-order valence-corrected chi connectivity index (χ0v) is 16.3. The van der Waals surface area contributed by atoms with Gasteiger partial charge in [0.1, 0.15) is 5.75 Å². The molecule has 0 radical (unpaired) electrons. The number of nitrogens with one attached hydrogen (secondary N) is 1. The first-order valence-electron chi connectivity index (χ1n) is 8.66. The van der Waals surface area contributed by atoms with Crippen LogP contribution in [0, 0.1) is 6.92 Å². The van der Waals surface area contributed by atoms with Gasteiger partial charge in [-0.15, -0.1) is 0 Å². The van der Waals surface area contributed by atoms with Gasteiger partial charge in [0.05, 0.1) is 5.56 Å². The van der Waals surface area contributed by atoms with Crippen LogP contribution in [0.15, 0.2) is 70.8 Å². The molecule has 0 saturated carbocycles. The van der Waals surface area contributed by atoms with Crippen molar-refractivity contribution >= 4 is 17.7 Å². The fourth-order valence-corrected chi connectivity index (χ4v) is 3.28. The SMILES string of the molecule is Cc1ccc(Oc2nccnc2Sc2ccccc2C(=O)NC(C)C)cc1. The monoisotopic (exact) mass is 379 g/mol. The number of benzene rings is 2. The minimum absolute atomic E-state index is 0.0625. The lowest BCUT2D eigenvalue weighted by Crippen LogP contribution is -2.30. The second kappa shape index (κ2) is 8.68. The van der Waals surface area contributed by atoms with Crippen molar-refractivity contribution in [2.45, 2.75) is 36.7 Å². The van der Waals surface area contributed by atoms with Crippen LogP contribution in [-0.2, 0) is 0 Å². The van der Waals surface area contributed by atoms with Crippen LogP contribution >= 0.6 is 11.8 Å². The third-order valence-electron chi connectivity index (χ3n) is 3.63. The zero-order valence-electron chi connectivity index (χ0n) is 15.5. The Morgan fingerprint density at radius 2 is 1.74 bits per heavy atom. The molecule has 5 nitrogen and oxygen atoms in total. The third kappa shape index (κ3) is 5.08. The molecule has 0 atom stereocenters. The number of carbonyl (C=O) groups is 1. The molecular weight excluding hydrogens is 358 g/mol. The third-order valence-corrected chi connectivity index (χ3v) is 4.68. The summed E-state index contributed by atoms with van der Waals surface area (Å²) in [7, 11) is 0. The van der Waals surface area contributed by atoms with E-state index in [1.807, 2.05) is 63.2 Å². The molecule has 0 aliphatic rings. The summed E-state index contributed by atoms with van der Waals surface area (Å²) < 4.78 is 5.91. The largest absolute Gasteiger partial charge is 0.437 e. The van der Waals surface area contributed by atoms with E-state index >= 15 is 0 Å². The molecule has 0 fully saturated rings. The van der Waals surface area contributed by atoms with Crippen molar-refractivity contribution in [2.24, 2.45) is 0 Å². The average Bonchev–Trinajstić information content (AvgIpc) is 2.65. The molecule has 1 amide bonds. The molecule has 0 spiro atoms. The van der Waals surface area contributed by atoms with Gasteiger partial charge >= 0.3 is 0 Å². The molecule has 3 rings (SSSR count). The van der Waals surface area contributed by atoms with Crippen molar-refractivity contribution in [3.8, 4) is 11.6 Å². The molecule has 0 aliphatic heterocycles. The maximum Gasteiger partial charge on any atom is 0.252 e. The van der Waals surface area contributed by atoms with Gasteiger partial charge in [-0.25, -0.2) is 9.97 Å². The van der Waals surface area contributed by atoms with Crippen LogP contribution in [0.25, 0.3) is 0 Å². The molecule has 0 saturated heterocycles. The highest BCUT2D eigenvalue weighted by Gasteiger charge is 2.16. The van der Waals surface area contributed by atoms with E-state index in [2.05, 4.69) is 15.3 Å². The van der Waals surface area contributed by atoms with E-state index in [-0.39, 0.29) is 11.9 Å². The van der Waals surface area contributed by atoms with Crippen molar-refractivity contribution in [1.82, 2.24) is 15.3 Å². The van der Waals surface area contributed by atoms with Crippen molar-refractivity contribution < 1.29 is 9.53 Å². The van der Waals surface area contributed by atoms with E-state index < -0.39 is 0 Å². The van der Waals surface area contributed by atoms with Gasteiger partial charge in [0.2, 0.25) is 0 Å². The molecule has 1 heterocycles. The van der Waals surface area contributed by atoms with Crippen LogP contribution in [0.1, 0.15) is 29.8 Å². The lowest BCUT2D eigenvalue weighted by Gasteiger charge is -2.13. The summed E-state index contributed by atoms with van der Waals surface area (Å²) in [6.45, 7) is 5.89. The molecule has 0 aliphatic carbocycles. The van der Waals surface area contributed by atoms with Gasteiger partial charge in [-0.1, -0.05) is 41.6 Å². The number of hydrogen-bond donors (Lipinski definition) is 1. The summed E-state index contributed by atoms with van der Waals surface area (Å²) in [6, 6.07) is 15.2. The van der Waals surface area contributed by atoms with Crippen molar-refractivity contribution in [3.63, 3.8) is 0 Å². The normalized spacial score (nSPS) is 10.7. The van der Waals surface area contributed by atoms with Crippen LogP contribution in [0.3, 0.4) is 0 Å².